The lowest BCUT2D eigenvalue weighted by atomic mass is 9.72. The number of aromatic nitrogens is 2. The number of nitrogens with one attached hydrogen (secondary N) is 3. The number of hydrogen-bond acceptors (Lipinski definition) is 5. The van der Waals surface area contributed by atoms with E-state index in [1.54, 1.807) is 6.20 Å². The van der Waals surface area contributed by atoms with Gasteiger partial charge in [-0.25, -0.2) is 9.78 Å². The topological polar surface area (TPSA) is 113 Å². The number of carbonyl (C=O) groups is 3. The van der Waals surface area contributed by atoms with Gasteiger partial charge < -0.3 is 20.4 Å². The molecule has 2 amide bonds. The minimum Gasteiger partial charge on any atom is -0.467 e. The maximum Gasteiger partial charge on any atom is 0.328 e. The van der Waals surface area contributed by atoms with E-state index in [2.05, 4.69) is 60.4 Å². The van der Waals surface area contributed by atoms with Gasteiger partial charge in [0.15, 0.2) is 0 Å². The van der Waals surface area contributed by atoms with Gasteiger partial charge in [0.2, 0.25) is 11.8 Å². The zero-order valence-electron chi connectivity index (χ0n) is 23.5. The average Bonchev–Trinajstić information content (AvgIpc) is 3.35. The van der Waals surface area contributed by atoms with Crippen LogP contribution in [-0.2, 0) is 25.5 Å². The van der Waals surface area contributed by atoms with Crippen molar-refractivity contribution in [3.05, 3.63) is 77.0 Å². The third kappa shape index (κ3) is 10.4. The van der Waals surface area contributed by atoms with E-state index in [-0.39, 0.29) is 36.6 Å². The number of imidazole rings is 1. The maximum absolute atomic E-state index is 12.3. The van der Waals surface area contributed by atoms with E-state index in [0.717, 1.165) is 11.1 Å². The molecule has 2 rings (SSSR count). The highest BCUT2D eigenvalue weighted by Crippen LogP contribution is 2.40. The Morgan fingerprint density at radius 1 is 1.21 bits per heavy atom. The van der Waals surface area contributed by atoms with Gasteiger partial charge in [0.25, 0.3) is 0 Å². The summed E-state index contributed by atoms with van der Waals surface area (Å²) in [6.07, 6.45) is 18.7. The summed E-state index contributed by atoms with van der Waals surface area (Å²) in [5.74, 6) is -1.20. The summed E-state index contributed by atoms with van der Waals surface area (Å²) in [4.78, 5) is 43.3. The number of ether oxygens (including phenoxy) is 1. The van der Waals surface area contributed by atoms with E-state index in [0.29, 0.717) is 5.69 Å². The van der Waals surface area contributed by atoms with Crippen molar-refractivity contribution in [2.75, 3.05) is 13.7 Å². The number of amides is 2. The van der Waals surface area contributed by atoms with Crippen LogP contribution in [0.2, 0.25) is 0 Å². The number of H-pyrrole nitrogens is 1. The van der Waals surface area contributed by atoms with Crippen LogP contribution in [0.4, 0.5) is 0 Å². The molecule has 8 heteroatoms. The fraction of sp³-hybridized carbons (Fsp3) is 0.467. The number of rotatable bonds is 12. The zero-order chi connectivity index (χ0) is 28.1. The highest BCUT2D eigenvalue weighted by atomic mass is 16.5. The van der Waals surface area contributed by atoms with Crippen LogP contribution in [0.3, 0.4) is 0 Å². The second-order valence-corrected chi connectivity index (χ2v) is 10.4. The van der Waals surface area contributed by atoms with Gasteiger partial charge >= 0.3 is 5.97 Å². The molecule has 8 nitrogen and oxygen atoms in total. The van der Waals surface area contributed by atoms with Crippen LogP contribution in [0.1, 0.15) is 66.0 Å². The van der Waals surface area contributed by atoms with E-state index in [4.69, 9.17) is 4.74 Å². The number of nitrogens with zero attached hydrogens (tertiary/aromatic N) is 1. The average molecular weight is 523 g/mol. The Kier molecular flexibility index (Phi) is 12.0. The SMILES string of the molecule is COC(=O)C(Cc1cnc[nH]1)NC(=O)CCNC(=O)C=C(C)C=CC=C(C)C=CC1=C(C)CCCC1(C)C. The molecule has 1 aromatic rings. The van der Waals surface area contributed by atoms with Crippen molar-refractivity contribution in [1.82, 2.24) is 20.6 Å². The van der Waals surface area contributed by atoms with Crippen LogP contribution < -0.4 is 10.6 Å². The molecule has 0 saturated carbocycles. The lowest BCUT2D eigenvalue weighted by Crippen LogP contribution is -2.44. The third-order valence-electron chi connectivity index (χ3n) is 6.58. The predicted octanol–water partition coefficient (Wildman–Crippen LogP) is 4.65. The molecular weight excluding hydrogens is 480 g/mol. The van der Waals surface area contributed by atoms with Crippen molar-refractivity contribution in [2.45, 2.75) is 72.8 Å². The fourth-order valence-corrected chi connectivity index (χ4v) is 4.46. The lowest BCUT2D eigenvalue weighted by molar-refractivity contribution is -0.145. The van der Waals surface area contributed by atoms with Crippen LogP contribution in [-0.4, -0.2) is 47.4 Å². The second-order valence-electron chi connectivity index (χ2n) is 10.4. The Morgan fingerprint density at radius 3 is 2.63 bits per heavy atom. The summed E-state index contributed by atoms with van der Waals surface area (Å²) in [6.45, 7) is 10.9. The molecule has 0 radical (unpaired) electrons. The summed E-state index contributed by atoms with van der Waals surface area (Å²) in [7, 11) is 1.27. The summed E-state index contributed by atoms with van der Waals surface area (Å²) in [5, 5.41) is 5.34. The standard InChI is InChI=1S/C30H42N4O4/c1-21(12-13-25-23(3)11-8-15-30(25,4)5)9-7-10-22(2)17-28(36)32-16-14-27(35)34-26(29(37)38-6)18-24-19-31-20-33-24/h7,9-10,12-13,17,19-20,26H,8,11,14-16,18H2,1-6H3,(H,31,33)(H,32,36)(H,34,35). The zero-order valence-corrected chi connectivity index (χ0v) is 23.5. The van der Waals surface area contributed by atoms with Gasteiger partial charge in [0, 0.05) is 37.4 Å². The Morgan fingerprint density at radius 2 is 1.97 bits per heavy atom. The molecular formula is C30H42N4O4. The molecule has 0 saturated heterocycles. The van der Waals surface area contributed by atoms with Gasteiger partial charge in [-0.1, -0.05) is 55.4 Å². The molecule has 1 unspecified atom stereocenters. The van der Waals surface area contributed by atoms with Crippen molar-refractivity contribution >= 4 is 17.8 Å². The first kappa shape index (κ1) is 30.5. The summed E-state index contributed by atoms with van der Waals surface area (Å²) >= 11 is 0. The molecule has 0 spiro atoms. The van der Waals surface area contributed by atoms with E-state index >= 15 is 0 Å². The van der Waals surface area contributed by atoms with E-state index in [1.807, 2.05) is 25.2 Å². The van der Waals surface area contributed by atoms with Crippen molar-refractivity contribution in [1.29, 1.82) is 0 Å². The van der Waals surface area contributed by atoms with Crippen LogP contribution in [0.15, 0.2) is 71.3 Å². The first-order valence-corrected chi connectivity index (χ1v) is 13.1. The van der Waals surface area contributed by atoms with Crippen molar-refractivity contribution in [2.24, 2.45) is 5.41 Å². The molecule has 206 valence electrons. The molecule has 0 aromatic carbocycles. The minimum absolute atomic E-state index is 0.0336. The highest BCUT2D eigenvalue weighted by Gasteiger charge is 2.26. The second kappa shape index (κ2) is 14.9. The molecule has 1 heterocycles. The maximum atomic E-state index is 12.3. The quantitative estimate of drug-likeness (QED) is 0.210. The summed E-state index contributed by atoms with van der Waals surface area (Å²) in [6, 6.07) is -0.836. The molecule has 0 bridgehead atoms. The highest BCUT2D eigenvalue weighted by molar-refractivity contribution is 5.89. The number of hydrogen-bond donors (Lipinski definition) is 3. The molecule has 0 aliphatic heterocycles. The fourth-order valence-electron chi connectivity index (χ4n) is 4.46. The van der Waals surface area contributed by atoms with Gasteiger partial charge in [0.1, 0.15) is 6.04 Å². The largest absolute Gasteiger partial charge is 0.467 e. The van der Waals surface area contributed by atoms with E-state index < -0.39 is 12.0 Å². The summed E-state index contributed by atoms with van der Waals surface area (Å²) < 4.78 is 4.77. The van der Waals surface area contributed by atoms with Gasteiger partial charge in [-0.15, -0.1) is 0 Å². The molecule has 3 N–H and O–H groups in total. The monoisotopic (exact) mass is 522 g/mol. The lowest BCUT2D eigenvalue weighted by Gasteiger charge is -2.32. The number of esters is 1. The molecule has 1 aromatic heterocycles. The third-order valence-corrected chi connectivity index (χ3v) is 6.58. The molecule has 0 fully saturated rings. The molecule has 1 aliphatic carbocycles. The van der Waals surface area contributed by atoms with Gasteiger partial charge in [-0.3, -0.25) is 9.59 Å². The normalized spacial score (nSPS) is 17.1. The van der Waals surface area contributed by atoms with Crippen LogP contribution in [0.5, 0.6) is 0 Å². The molecule has 38 heavy (non-hydrogen) atoms. The van der Waals surface area contributed by atoms with Crippen molar-refractivity contribution < 1.29 is 19.1 Å². The number of carbonyl (C=O) groups excluding carboxylic acids is 3. The number of methoxy groups -OCH3 is 1. The van der Waals surface area contributed by atoms with Crippen LogP contribution >= 0.6 is 0 Å². The smallest absolute Gasteiger partial charge is 0.328 e. The minimum atomic E-state index is -0.836. The Bertz CT molecular complexity index is 1120. The predicted molar refractivity (Wildman–Crippen MR) is 150 cm³/mol. The number of allylic oxidation sites excluding steroid dienone is 9. The first-order valence-electron chi connectivity index (χ1n) is 13.1. The van der Waals surface area contributed by atoms with Gasteiger partial charge in [-0.05, 0) is 56.6 Å². The first-order chi connectivity index (χ1) is 18.0. The van der Waals surface area contributed by atoms with Crippen LogP contribution in [0.25, 0.3) is 0 Å². The van der Waals surface area contributed by atoms with Gasteiger partial charge in [-0.2, -0.15) is 0 Å². The van der Waals surface area contributed by atoms with E-state index in [9.17, 15) is 14.4 Å². The molecule has 1 aliphatic rings. The van der Waals surface area contributed by atoms with Gasteiger partial charge in [0.05, 0.1) is 13.4 Å². The Hall–Kier alpha value is -3.68. The van der Waals surface area contributed by atoms with E-state index in [1.165, 1.54) is 49.9 Å². The Balaban J connectivity index is 1.80. The summed E-state index contributed by atoms with van der Waals surface area (Å²) in [5.41, 5.74) is 5.73. The van der Waals surface area contributed by atoms with Crippen molar-refractivity contribution in [3.8, 4) is 0 Å². The molecule has 1 atom stereocenters. The van der Waals surface area contributed by atoms with Crippen molar-refractivity contribution in [3.63, 3.8) is 0 Å². The Labute approximate surface area is 226 Å². The number of aromatic amines is 1. The van der Waals surface area contributed by atoms with Crippen LogP contribution in [0, 0.1) is 5.41 Å².